The topological polar surface area (TPSA) is 0 Å². The Bertz CT molecular complexity index is 579. The molecule has 0 radical (unpaired) electrons. The number of aryl methyl sites for hydroxylation is 2. The lowest BCUT2D eigenvalue weighted by Crippen LogP contribution is -1.97. The number of halogens is 3. The minimum Gasteiger partial charge on any atom is -0.113 e. The molecule has 0 saturated heterocycles. The molecular weight excluding hydrogens is 331 g/mol. The monoisotopic (exact) mass is 342 g/mol. The van der Waals surface area contributed by atoms with Gasteiger partial charge in [-0.15, -0.1) is 11.6 Å². The zero-order chi connectivity index (χ0) is 13.3. The Balaban J connectivity index is 2.46. The van der Waals surface area contributed by atoms with Crippen LogP contribution in [0.3, 0.4) is 0 Å². The van der Waals surface area contributed by atoms with Crippen molar-refractivity contribution in [2.24, 2.45) is 0 Å². The summed E-state index contributed by atoms with van der Waals surface area (Å²) < 4.78 is 1.04. The number of hydrogen-bond acceptors (Lipinski definition) is 0. The van der Waals surface area contributed by atoms with Crippen LogP contribution in [-0.4, -0.2) is 0 Å². The molecule has 0 aliphatic heterocycles. The minimum absolute atomic E-state index is 0.154. The van der Waals surface area contributed by atoms with E-state index >= 15 is 0 Å². The predicted octanol–water partition coefficient (Wildman–Crippen LogP) is 6.05. The third kappa shape index (κ3) is 2.90. The first-order valence-electron chi connectivity index (χ1n) is 5.65. The third-order valence-corrected chi connectivity index (χ3v) is 4.35. The highest BCUT2D eigenvalue weighted by atomic mass is 79.9. The van der Waals surface area contributed by atoms with Crippen molar-refractivity contribution in [3.63, 3.8) is 0 Å². The fourth-order valence-corrected chi connectivity index (χ4v) is 2.93. The zero-order valence-corrected chi connectivity index (χ0v) is 13.3. The molecule has 3 heteroatoms. The largest absolute Gasteiger partial charge is 0.113 e. The average molecular weight is 344 g/mol. The van der Waals surface area contributed by atoms with Crippen LogP contribution >= 0.6 is 39.1 Å². The molecule has 2 aromatic rings. The van der Waals surface area contributed by atoms with Crippen LogP contribution in [0.2, 0.25) is 5.02 Å². The smallest absolute Gasteiger partial charge is 0.0838 e. The van der Waals surface area contributed by atoms with Gasteiger partial charge in [0.05, 0.1) is 5.38 Å². The summed E-state index contributed by atoms with van der Waals surface area (Å²) in [4.78, 5) is 0. The molecule has 1 unspecified atom stereocenters. The fourth-order valence-electron chi connectivity index (χ4n) is 1.92. The van der Waals surface area contributed by atoms with E-state index < -0.39 is 0 Å². The van der Waals surface area contributed by atoms with Crippen molar-refractivity contribution in [3.8, 4) is 0 Å². The van der Waals surface area contributed by atoms with E-state index in [1.165, 1.54) is 0 Å². The lowest BCUT2D eigenvalue weighted by molar-refractivity contribution is 1.10. The molecule has 1 atom stereocenters. The van der Waals surface area contributed by atoms with E-state index in [0.717, 1.165) is 31.7 Å². The molecule has 0 N–H and O–H groups in total. The average Bonchev–Trinajstić information content (AvgIpc) is 2.33. The summed E-state index contributed by atoms with van der Waals surface area (Å²) in [7, 11) is 0. The molecule has 18 heavy (non-hydrogen) atoms. The normalized spacial score (nSPS) is 12.5. The molecule has 0 saturated carbocycles. The summed E-state index contributed by atoms with van der Waals surface area (Å²) in [5.74, 6) is 0. The number of benzene rings is 2. The highest BCUT2D eigenvalue weighted by molar-refractivity contribution is 9.10. The van der Waals surface area contributed by atoms with Gasteiger partial charge in [0.2, 0.25) is 0 Å². The second-order valence-corrected chi connectivity index (χ2v) is 6.13. The first-order chi connectivity index (χ1) is 8.49. The first kappa shape index (κ1) is 13.9. The van der Waals surface area contributed by atoms with Crippen LogP contribution in [0.15, 0.2) is 40.9 Å². The van der Waals surface area contributed by atoms with E-state index in [0.29, 0.717) is 0 Å². The molecule has 0 aromatic heterocycles. The standard InChI is InChI=1S/C15H13BrCl2/c1-9-7-14(17)10(2)6-13(9)15(18)11-4-3-5-12(16)8-11/h3-8,15H,1-2H3. The number of hydrogen-bond donors (Lipinski definition) is 0. The van der Waals surface area contributed by atoms with Gasteiger partial charge in [-0.3, -0.25) is 0 Å². The van der Waals surface area contributed by atoms with Crippen molar-refractivity contribution in [2.75, 3.05) is 0 Å². The van der Waals surface area contributed by atoms with Gasteiger partial charge >= 0.3 is 0 Å². The van der Waals surface area contributed by atoms with Crippen LogP contribution in [0, 0.1) is 13.8 Å². The number of rotatable bonds is 2. The van der Waals surface area contributed by atoms with Gasteiger partial charge in [-0.1, -0.05) is 45.7 Å². The molecule has 0 amide bonds. The van der Waals surface area contributed by atoms with Crippen LogP contribution in [0.1, 0.15) is 27.6 Å². The van der Waals surface area contributed by atoms with Gasteiger partial charge in [0.1, 0.15) is 0 Å². The van der Waals surface area contributed by atoms with Gasteiger partial charge in [0.25, 0.3) is 0 Å². The van der Waals surface area contributed by atoms with E-state index in [9.17, 15) is 0 Å². The summed E-state index contributed by atoms with van der Waals surface area (Å²) in [6, 6.07) is 12.1. The molecule has 94 valence electrons. The van der Waals surface area contributed by atoms with Crippen molar-refractivity contribution in [1.82, 2.24) is 0 Å². The van der Waals surface area contributed by atoms with Crippen LogP contribution in [0.25, 0.3) is 0 Å². The Morgan fingerprint density at radius 1 is 1.06 bits per heavy atom. The number of alkyl halides is 1. The highest BCUT2D eigenvalue weighted by Crippen LogP contribution is 2.34. The summed E-state index contributed by atoms with van der Waals surface area (Å²) in [5.41, 5.74) is 4.36. The minimum atomic E-state index is -0.154. The van der Waals surface area contributed by atoms with Crippen LogP contribution < -0.4 is 0 Å². The molecule has 0 fully saturated rings. The Labute approximate surface area is 126 Å². The van der Waals surface area contributed by atoms with Gasteiger partial charge in [-0.2, -0.15) is 0 Å². The molecular formula is C15H13BrCl2. The van der Waals surface area contributed by atoms with E-state index in [4.69, 9.17) is 23.2 Å². The lowest BCUT2D eigenvalue weighted by atomic mass is 9.98. The van der Waals surface area contributed by atoms with Crippen molar-refractivity contribution in [1.29, 1.82) is 0 Å². The van der Waals surface area contributed by atoms with E-state index in [2.05, 4.69) is 22.0 Å². The van der Waals surface area contributed by atoms with Gasteiger partial charge in [-0.05, 0) is 54.3 Å². The van der Waals surface area contributed by atoms with Crippen LogP contribution in [0.5, 0.6) is 0 Å². The second-order valence-electron chi connectivity index (χ2n) is 4.38. The molecule has 0 nitrogen and oxygen atoms in total. The molecule has 0 bridgehead atoms. The Hall–Kier alpha value is -0.500. The highest BCUT2D eigenvalue weighted by Gasteiger charge is 2.14. The predicted molar refractivity (Wildman–Crippen MR) is 82.8 cm³/mol. The molecule has 2 rings (SSSR count). The second kappa shape index (κ2) is 5.64. The molecule has 0 aliphatic rings. The summed E-state index contributed by atoms with van der Waals surface area (Å²) in [6.07, 6.45) is 0. The Morgan fingerprint density at radius 2 is 1.78 bits per heavy atom. The third-order valence-electron chi connectivity index (χ3n) is 2.96. The van der Waals surface area contributed by atoms with Gasteiger partial charge < -0.3 is 0 Å². The van der Waals surface area contributed by atoms with E-state index in [1.807, 2.05) is 44.2 Å². The Kier molecular flexibility index (Phi) is 4.37. The van der Waals surface area contributed by atoms with Crippen molar-refractivity contribution < 1.29 is 0 Å². The van der Waals surface area contributed by atoms with Crippen molar-refractivity contribution in [3.05, 3.63) is 68.1 Å². The maximum absolute atomic E-state index is 6.57. The zero-order valence-electron chi connectivity index (χ0n) is 10.2. The van der Waals surface area contributed by atoms with Crippen molar-refractivity contribution in [2.45, 2.75) is 19.2 Å². The lowest BCUT2D eigenvalue weighted by Gasteiger charge is -2.15. The van der Waals surface area contributed by atoms with Gasteiger partial charge in [-0.25, -0.2) is 0 Å². The van der Waals surface area contributed by atoms with Crippen LogP contribution in [-0.2, 0) is 0 Å². The Morgan fingerprint density at radius 3 is 2.44 bits per heavy atom. The maximum Gasteiger partial charge on any atom is 0.0838 e. The van der Waals surface area contributed by atoms with Crippen molar-refractivity contribution >= 4 is 39.1 Å². The van der Waals surface area contributed by atoms with E-state index in [-0.39, 0.29) is 5.38 Å². The summed E-state index contributed by atoms with van der Waals surface area (Å²) in [6.45, 7) is 4.03. The fraction of sp³-hybridized carbons (Fsp3) is 0.200. The molecule has 0 aliphatic carbocycles. The maximum atomic E-state index is 6.57. The SMILES string of the molecule is Cc1cc(C(Cl)c2cccc(Br)c2)c(C)cc1Cl. The van der Waals surface area contributed by atoms with Gasteiger partial charge in [0.15, 0.2) is 0 Å². The summed E-state index contributed by atoms with van der Waals surface area (Å²) >= 11 is 16.1. The molecule has 0 spiro atoms. The van der Waals surface area contributed by atoms with Crippen LogP contribution in [0.4, 0.5) is 0 Å². The van der Waals surface area contributed by atoms with E-state index in [1.54, 1.807) is 0 Å². The quantitative estimate of drug-likeness (QED) is 0.582. The summed E-state index contributed by atoms with van der Waals surface area (Å²) in [5, 5.41) is 0.632. The molecule has 2 aromatic carbocycles. The van der Waals surface area contributed by atoms with Gasteiger partial charge in [0, 0.05) is 9.50 Å². The molecule has 0 heterocycles. The first-order valence-corrected chi connectivity index (χ1v) is 7.26.